The lowest BCUT2D eigenvalue weighted by atomic mass is 9.50. The van der Waals surface area contributed by atoms with Gasteiger partial charge in [0.2, 0.25) is 0 Å². The van der Waals surface area contributed by atoms with Crippen LogP contribution in [0, 0.1) is 40.9 Å². The van der Waals surface area contributed by atoms with Crippen molar-refractivity contribution in [3.63, 3.8) is 0 Å². The molecule has 6 heteroatoms. The van der Waals surface area contributed by atoms with E-state index < -0.39 is 17.5 Å². The van der Waals surface area contributed by atoms with Crippen LogP contribution in [-0.4, -0.2) is 41.6 Å². The van der Waals surface area contributed by atoms with Gasteiger partial charge >= 0.3 is 11.9 Å². The first-order valence-corrected chi connectivity index (χ1v) is 12.5. The van der Waals surface area contributed by atoms with Crippen LogP contribution in [0.1, 0.15) is 71.6 Å². The van der Waals surface area contributed by atoms with Crippen molar-refractivity contribution in [3.05, 3.63) is 11.6 Å². The van der Waals surface area contributed by atoms with Crippen LogP contribution < -0.4 is 0 Å². The molecule has 6 nitrogen and oxygen atoms in total. The van der Waals surface area contributed by atoms with Gasteiger partial charge in [-0.2, -0.15) is 0 Å². The summed E-state index contributed by atoms with van der Waals surface area (Å²) in [6.45, 7) is 3.45. The molecule has 0 saturated heterocycles. The fourth-order valence-electron chi connectivity index (χ4n) is 8.28. The van der Waals surface area contributed by atoms with Crippen molar-refractivity contribution in [2.75, 3.05) is 13.2 Å². The van der Waals surface area contributed by atoms with E-state index in [2.05, 4.69) is 11.7 Å². The van der Waals surface area contributed by atoms with Crippen molar-refractivity contribution in [3.8, 4) is 0 Å². The number of rotatable bonds is 6. The number of carbonyl (C=O) groups is 3. The summed E-state index contributed by atoms with van der Waals surface area (Å²) >= 11 is 0. The summed E-state index contributed by atoms with van der Waals surface area (Å²) in [7, 11) is 0. The molecule has 4 fully saturated rings. The number of fused-ring (bicyclic) bond motifs is 8. The Bertz CT molecular complexity index is 847. The molecular formula is C26H36O6. The topological polar surface area (TPSA) is 89.9 Å². The summed E-state index contributed by atoms with van der Waals surface area (Å²) < 4.78 is 9.85. The zero-order valence-corrected chi connectivity index (χ0v) is 19.3. The van der Waals surface area contributed by atoms with Gasteiger partial charge in [0.25, 0.3) is 0 Å². The first-order chi connectivity index (χ1) is 15.2. The lowest BCUT2D eigenvalue weighted by Crippen LogP contribution is -2.53. The Morgan fingerprint density at radius 3 is 2.72 bits per heavy atom. The van der Waals surface area contributed by atoms with Crippen LogP contribution in [0.3, 0.4) is 0 Å². The highest BCUT2D eigenvalue weighted by Crippen LogP contribution is 2.72. The molecule has 4 saturated carbocycles. The molecule has 5 rings (SSSR count). The molecule has 0 aromatic rings. The molecule has 0 bridgehead atoms. The van der Waals surface area contributed by atoms with Crippen LogP contribution in [0.25, 0.3) is 0 Å². The molecule has 176 valence electrons. The smallest absolute Gasteiger partial charge is 0.344 e. The second kappa shape index (κ2) is 7.96. The monoisotopic (exact) mass is 444 g/mol. The molecule has 0 amide bonds. The van der Waals surface area contributed by atoms with E-state index >= 15 is 0 Å². The second-order valence-corrected chi connectivity index (χ2v) is 11.2. The van der Waals surface area contributed by atoms with Crippen LogP contribution >= 0.6 is 0 Å². The van der Waals surface area contributed by atoms with E-state index in [1.807, 2.05) is 6.08 Å². The quantitative estimate of drug-likeness (QED) is 0.497. The number of esters is 2. The SMILES string of the molecule is CC(=O)OCC(=O)OCCC[C@]1(O)CC[C@H]2[C@@H]3[C@H]4C[C@H]4C4=CC(=O)CC[C@@H]4[C@H]3CC[C@@]21C. The third-order valence-corrected chi connectivity index (χ3v) is 9.83. The minimum absolute atomic E-state index is 0.0885. The summed E-state index contributed by atoms with van der Waals surface area (Å²) in [6, 6.07) is 0. The molecule has 0 spiro atoms. The van der Waals surface area contributed by atoms with Crippen LogP contribution in [0.4, 0.5) is 0 Å². The normalized spacial score (nSPS) is 43.8. The van der Waals surface area contributed by atoms with Gasteiger partial charge in [-0.3, -0.25) is 9.59 Å². The van der Waals surface area contributed by atoms with Crippen LogP contribution in [0.15, 0.2) is 11.6 Å². The van der Waals surface area contributed by atoms with E-state index in [-0.39, 0.29) is 18.6 Å². The fourth-order valence-corrected chi connectivity index (χ4v) is 8.28. The predicted octanol–water partition coefficient (Wildman–Crippen LogP) is 3.60. The van der Waals surface area contributed by atoms with Crippen molar-refractivity contribution in [1.82, 2.24) is 0 Å². The zero-order chi connectivity index (χ0) is 22.7. The van der Waals surface area contributed by atoms with E-state index in [1.54, 1.807) is 0 Å². The highest BCUT2D eigenvalue weighted by atomic mass is 16.6. The van der Waals surface area contributed by atoms with Crippen molar-refractivity contribution in [1.29, 1.82) is 0 Å². The predicted molar refractivity (Wildman–Crippen MR) is 116 cm³/mol. The zero-order valence-electron chi connectivity index (χ0n) is 19.3. The van der Waals surface area contributed by atoms with Crippen LogP contribution in [-0.2, 0) is 23.9 Å². The maximum atomic E-state index is 12.0. The van der Waals surface area contributed by atoms with Gasteiger partial charge in [0, 0.05) is 13.3 Å². The molecule has 0 aromatic carbocycles. The van der Waals surface area contributed by atoms with Gasteiger partial charge in [-0.25, -0.2) is 4.79 Å². The molecule has 32 heavy (non-hydrogen) atoms. The van der Waals surface area contributed by atoms with E-state index in [1.165, 1.54) is 18.9 Å². The Morgan fingerprint density at radius 2 is 1.94 bits per heavy atom. The van der Waals surface area contributed by atoms with Crippen molar-refractivity contribution < 1.29 is 29.0 Å². The third-order valence-electron chi connectivity index (χ3n) is 9.83. The number of hydrogen-bond acceptors (Lipinski definition) is 6. The van der Waals surface area contributed by atoms with Gasteiger partial charge in [-0.05, 0) is 98.4 Å². The first-order valence-electron chi connectivity index (χ1n) is 12.5. The molecule has 0 aliphatic heterocycles. The van der Waals surface area contributed by atoms with Crippen LogP contribution in [0.5, 0.6) is 0 Å². The maximum absolute atomic E-state index is 12.0. The summed E-state index contributed by atoms with van der Waals surface area (Å²) in [5, 5.41) is 11.8. The van der Waals surface area contributed by atoms with Gasteiger partial charge in [-0.15, -0.1) is 0 Å². The lowest BCUT2D eigenvalue weighted by molar-refractivity contribution is -0.158. The standard InChI is InChI=1S/C26H36O6/c1-15(27)32-14-23(29)31-11-3-8-26(30)10-7-22-24-18(6-9-25(22,26)2)17-5-4-16(28)12-19(17)20-13-21(20)24/h12,17-18,20-22,24,30H,3-11,13-14H2,1-2H3/t17-,18-,20+,21+,22+,24+,25+,26+/m1/s1. The van der Waals surface area contributed by atoms with Crippen molar-refractivity contribution in [2.24, 2.45) is 40.9 Å². The Balaban J connectivity index is 1.22. The average Bonchev–Trinajstić information content (AvgIpc) is 3.50. The average molecular weight is 445 g/mol. The van der Waals surface area contributed by atoms with E-state index in [4.69, 9.17) is 4.74 Å². The van der Waals surface area contributed by atoms with Gasteiger partial charge < -0.3 is 14.6 Å². The molecule has 5 aliphatic rings. The van der Waals surface area contributed by atoms with Crippen LogP contribution in [0.2, 0.25) is 0 Å². The third kappa shape index (κ3) is 3.53. The molecule has 8 atom stereocenters. The van der Waals surface area contributed by atoms with Crippen molar-refractivity contribution in [2.45, 2.75) is 77.2 Å². The summed E-state index contributed by atoms with van der Waals surface area (Å²) in [6.07, 6.45) is 10.3. The molecule has 0 radical (unpaired) electrons. The minimum atomic E-state index is -0.714. The minimum Gasteiger partial charge on any atom is -0.463 e. The van der Waals surface area contributed by atoms with Crippen molar-refractivity contribution >= 4 is 17.7 Å². The van der Waals surface area contributed by atoms with E-state index in [9.17, 15) is 19.5 Å². The summed E-state index contributed by atoms with van der Waals surface area (Å²) in [5.41, 5.74) is 0.669. The van der Waals surface area contributed by atoms with Gasteiger partial charge in [0.05, 0.1) is 12.2 Å². The Kier molecular flexibility index (Phi) is 5.51. The Hall–Kier alpha value is -1.69. The van der Waals surface area contributed by atoms with Gasteiger partial charge in [0.15, 0.2) is 12.4 Å². The Morgan fingerprint density at radius 1 is 1.12 bits per heavy atom. The van der Waals surface area contributed by atoms with E-state index in [0.717, 1.165) is 32.1 Å². The highest BCUT2D eigenvalue weighted by molar-refractivity contribution is 5.91. The van der Waals surface area contributed by atoms with Gasteiger partial charge in [-0.1, -0.05) is 12.5 Å². The number of carbonyl (C=O) groups excluding carboxylic acids is 3. The molecule has 5 aliphatic carbocycles. The number of ether oxygens (including phenoxy) is 2. The number of aliphatic hydroxyl groups is 1. The molecule has 0 aromatic heterocycles. The van der Waals surface area contributed by atoms with Gasteiger partial charge in [0.1, 0.15) is 0 Å². The fraction of sp³-hybridized carbons (Fsp3) is 0.808. The molecule has 0 unspecified atom stereocenters. The summed E-state index contributed by atoms with van der Waals surface area (Å²) in [5.74, 6) is 3.12. The number of allylic oxidation sites excluding steroid dienone is 1. The molecular weight excluding hydrogens is 408 g/mol. The Labute approximate surface area is 190 Å². The highest BCUT2D eigenvalue weighted by Gasteiger charge is 2.67. The maximum Gasteiger partial charge on any atom is 0.344 e. The first kappa shape index (κ1) is 22.1. The van der Waals surface area contributed by atoms with E-state index in [0.29, 0.717) is 60.6 Å². The molecule has 1 N–H and O–H groups in total. The molecule has 0 heterocycles. The second-order valence-electron chi connectivity index (χ2n) is 11.2. The summed E-state index contributed by atoms with van der Waals surface area (Å²) in [4.78, 5) is 34.5. The number of ketones is 1. The number of hydrogen-bond donors (Lipinski definition) is 1. The lowest BCUT2D eigenvalue weighted by Gasteiger charge is -2.55. The largest absolute Gasteiger partial charge is 0.463 e.